The van der Waals surface area contributed by atoms with Gasteiger partial charge in [-0.3, -0.25) is 4.79 Å². The highest BCUT2D eigenvalue weighted by atomic mass is 16.4. The Morgan fingerprint density at radius 2 is 2.00 bits per heavy atom. The van der Waals surface area contributed by atoms with Crippen LogP contribution in [0.1, 0.15) is 71.1 Å². The first kappa shape index (κ1) is 15.5. The van der Waals surface area contributed by atoms with Crippen molar-refractivity contribution in [2.24, 2.45) is 17.6 Å². The number of unbranched alkanes of at least 4 members (excludes halogenated alkanes) is 1. The molecule has 1 aliphatic carbocycles. The van der Waals surface area contributed by atoms with Gasteiger partial charge in [-0.1, -0.05) is 51.9 Å². The lowest BCUT2D eigenvalue weighted by Gasteiger charge is -2.25. The summed E-state index contributed by atoms with van der Waals surface area (Å²) >= 11 is 0. The van der Waals surface area contributed by atoms with E-state index in [2.05, 4.69) is 6.92 Å². The number of aliphatic carboxylic acids is 1. The van der Waals surface area contributed by atoms with Crippen LogP contribution in [0.4, 0.5) is 0 Å². The van der Waals surface area contributed by atoms with Crippen LogP contribution in [0.5, 0.6) is 0 Å². The molecule has 3 heteroatoms. The Balaban J connectivity index is 1.92. The van der Waals surface area contributed by atoms with Crippen molar-refractivity contribution in [3.05, 3.63) is 0 Å². The first-order valence-corrected chi connectivity index (χ1v) is 7.55. The van der Waals surface area contributed by atoms with Gasteiger partial charge in [-0.15, -0.1) is 0 Å². The highest BCUT2D eigenvalue weighted by Crippen LogP contribution is 2.31. The van der Waals surface area contributed by atoms with Gasteiger partial charge in [0, 0.05) is 6.04 Å². The monoisotopic (exact) mass is 255 g/mol. The number of carboxylic acids is 1. The molecule has 0 aromatic rings. The quantitative estimate of drug-likeness (QED) is 0.587. The molecular formula is C15H29NO2. The molecular weight excluding hydrogens is 226 g/mol. The lowest BCUT2D eigenvalue weighted by atomic mass is 9.81. The fourth-order valence-electron chi connectivity index (χ4n) is 2.68. The minimum Gasteiger partial charge on any atom is -0.481 e. The Hall–Kier alpha value is -0.570. The minimum atomic E-state index is -0.782. The van der Waals surface area contributed by atoms with E-state index in [1.807, 2.05) is 0 Å². The molecule has 0 saturated heterocycles. The van der Waals surface area contributed by atoms with Crippen molar-refractivity contribution in [1.29, 1.82) is 0 Å². The Kier molecular flexibility index (Phi) is 7.33. The predicted molar refractivity (Wildman–Crippen MR) is 74.4 cm³/mol. The molecule has 3 nitrogen and oxygen atoms in total. The van der Waals surface area contributed by atoms with E-state index in [4.69, 9.17) is 10.8 Å². The molecule has 0 aromatic heterocycles. The number of rotatable bonds is 10. The van der Waals surface area contributed by atoms with Gasteiger partial charge in [-0.25, -0.2) is 0 Å². The van der Waals surface area contributed by atoms with E-state index in [1.54, 1.807) is 0 Å². The Morgan fingerprint density at radius 3 is 2.56 bits per heavy atom. The van der Waals surface area contributed by atoms with Gasteiger partial charge < -0.3 is 10.8 Å². The van der Waals surface area contributed by atoms with Gasteiger partial charge in [-0.2, -0.15) is 0 Å². The average Bonchev–Trinajstić information content (AvgIpc) is 2.22. The molecule has 3 N–H and O–H groups in total. The van der Waals surface area contributed by atoms with Crippen molar-refractivity contribution < 1.29 is 9.90 Å². The smallest absolute Gasteiger partial charge is 0.304 e. The summed E-state index contributed by atoms with van der Waals surface area (Å²) in [6, 6.07) is -0.167. The maximum atomic E-state index is 10.5. The molecule has 0 amide bonds. The van der Waals surface area contributed by atoms with E-state index in [-0.39, 0.29) is 12.5 Å². The van der Waals surface area contributed by atoms with Gasteiger partial charge >= 0.3 is 5.97 Å². The largest absolute Gasteiger partial charge is 0.481 e. The molecule has 106 valence electrons. The van der Waals surface area contributed by atoms with E-state index in [1.165, 1.54) is 44.9 Å². The lowest BCUT2D eigenvalue weighted by Crippen LogP contribution is -2.24. The van der Waals surface area contributed by atoms with Crippen LogP contribution in [0.15, 0.2) is 0 Å². The average molecular weight is 255 g/mol. The molecule has 1 fully saturated rings. The van der Waals surface area contributed by atoms with E-state index < -0.39 is 5.97 Å². The zero-order chi connectivity index (χ0) is 13.4. The summed E-state index contributed by atoms with van der Waals surface area (Å²) in [6.45, 7) is 2.26. The summed E-state index contributed by atoms with van der Waals surface area (Å²) in [6.07, 6.45) is 11.8. The van der Waals surface area contributed by atoms with Gasteiger partial charge in [0.15, 0.2) is 0 Å². The van der Waals surface area contributed by atoms with Gasteiger partial charge in [0.1, 0.15) is 0 Å². The van der Waals surface area contributed by atoms with Gasteiger partial charge in [0.05, 0.1) is 6.42 Å². The lowest BCUT2D eigenvalue weighted by molar-refractivity contribution is -0.137. The number of carbonyl (C=O) groups is 1. The third-order valence-electron chi connectivity index (χ3n) is 4.25. The van der Waals surface area contributed by atoms with Gasteiger partial charge in [0.2, 0.25) is 0 Å². The number of hydrogen-bond acceptors (Lipinski definition) is 2. The second kappa shape index (κ2) is 8.52. The number of carboxylic acid groups (broad SMARTS) is 1. The van der Waals surface area contributed by atoms with Crippen LogP contribution >= 0.6 is 0 Å². The molecule has 2 atom stereocenters. The molecule has 1 saturated carbocycles. The molecule has 0 aliphatic heterocycles. The summed E-state index contributed by atoms with van der Waals surface area (Å²) in [7, 11) is 0. The zero-order valence-electron chi connectivity index (χ0n) is 11.7. The molecule has 0 radical (unpaired) electrons. The maximum Gasteiger partial charge on any atom is 0.304 e. The predicted octanol–water partition coefficient (Wildman–Crippen LogP) is 3.57. The van der Waals surface area contributed by atoms with Crippen molar-refractivity contribution in [2.75, 3.05) is 0 Å². The summed E-state index contributed by atoms with van der Waals surface area (Å²) in [5, 5.41) is 8.62. The summed E-state index contributed by atoms with van der Waals surface area (Å²) in [5.41, 5.74) is 5.76. The molecule has 1 rings (SSSR count). The van der Waals surface area contributed by atoms with E-state index in [0.717, 1.165) is 18.8 Å². The summed E-state index contributed by atoms with van der Waals surface area (Å²) in [5.74, 6) is 0.936. The molecule has 18 heavy (non-hydrogen) atoms. The minimum absolute atomic E-state index is 0.106. The van der Waals surface area contributed by atoms with E-state index in [9.17, 15) is 4.79 Å². The fraction of sp³-hybridized carbons (Fsp3) is 0.933. The second-order valence-corrected chi connectivity index (χ2v) is 6.12. The molecule has 0 heterocycles. The van der Waals surface area contributed by atoms with Crippen LogP contribution in [0, 0.1) is 11.8 Å². The van der Waals surface area contributed by atoms with Crippen LogP contribution < -0.4 is 5.73 Å². The molecule has 0 aromatic carbocycles. The van der Waals surface area contributed by atoms with E-state index >= 15 is 0 Å². The maximum absolute atomic E-state index is 10.5. The van der Waals surface area contributed by atoms with Crippen LogP contribution in [-0.4, -0.2) is 17.1 Å². The van der Waals surface area contributed by atoms with E-state index in [0.29, 0.717) is 5.92 Å². The van der Waals surface area contributed by atoms with Crippen molar-refractivity contribution in [3.8, 4) is 0 Å². The Bertz CT molecular complexity index is 239. The van der Waals surface area contributed by atoms with Crippen LogP contribution in [0.25, 0.3) is 0 Å². The molecule has 0 bridgehead atoms. The zero-order valence-corrected chi connectivity index (χ0v) is 11.7. The van der Waals surface area contributed by atoms with Gasteiger partial charge in [-0.05, 0) is 24.7 Å². The highest BCUT2D eigenvalue weighted by Gasteiger charge is 2.16. The molecule has 0 spiro atoms. The molecule has 2 unspecified atom stereocenters. The van der Waals surface area contributed by atoms with Crippen LogP contribution in [0.3, 0.4) is 0 Å². The van der Waals surface area contributed by atoms with Crippen molar-refractivity contribution in [1.82, 2.24) is 0 Å². The van der Waals surface area contributed by atoms with Gasteiger partial charge in [0.25, 0.3) is 0 Å². The fourth-order valence-corrected chi connectivity index (χ4v) is 2.68. The first-order valence-electron chi connectivity index (χ1n) is 7.55. The van der Waals surface area contributed by atoms with Crippen molar-refractivity contribution >= 4 is 5.97 Å². The standard InChI is InChI=1S/C15H29NO2/c1-12(9-10-14(16)11-15(17)18)5-2-3-6-13-7-4-8-13/h12-14H,2-11,16H2,1H3,(H,17,18). The third-order valence-corrected chi connectivity index (χ3v) is 4.25. The Labute approximate surface area is 111 Å². The SMILES string of the molecule is CC(CCCCC1CCC1)CCC(N)CC(=O)O. The van der Waals surface area contributed by atoms with Crippen molar-refractivity contribution in [2.45, 2.75) is 77.2 Å². The van der Waals surface area contributed by atoms with Crippen molar-refractivity contribution in [3.63, 3.8) is 0 Å². The normalized spacial score (nSPS) is 19.2. The summed E-state index contributed by atoms with van der Waals surface area (Å²) < 4.78 is 0. The number of nitrogens with two attached hydrogens (primary N) is 1. The first-order chi connectivity index (χ1) is 8.58. The topological polar surface area (TPSA) is 63.3 Å². The number of hydrogen-bond donors (Lipinski definition) is 2. The highest BCUT2D eigenvalue weighted by molar-refractivity contribution is 5.67. The van der Waals surface area contributed by atoms with Crippen LogP contribution in [0.2, 0.25) is 0 Å². The third kappa shape index (κ3) is 7.00. The Morgan fingerprint density at radius 1 is 1.28 bits per heavy atom. The second-order valence-electron chi connectivity index (χ2n) is 6.12. The summed E-state index contributed by atoms with van der Waals surface area (Å²) in [4.78, 5) is 10.5. The molecule has 1 aliphatic rings. The van der Waals surface area contributed by atoms with Crippen LogP contribution in [-0.2, 0) is 4.79 Å².